The number of benzene rings is 2. The number of amides is 4. The average Bonchev–Trinajstić information content (AvgIpc) is 2.78. The zero-order valence-corrected chi connectivity index (χ0v) is 16.8. The fourth-order valence-electron chi connectivity index (χ4n) is 3.47. The van der Waals surface area contributed by atoms with Crippen LogP contribution in [0.3, 0.4) is 0 Å². The Hall–Kier alpha value is -3.72. The summed E-state index contributed by atoms with van der Waals surface area (Å²) in [6.07, 6.45) is 1.38. The molecule has 0 spiro atoms. The third-order valence-corrected chi connectivity index (χ3v) is 5.08. The molecule has 0 aliphatic carbocycles. The SMILES string of the molecule is COc1cc(N2CCOCC2)ccc1/C=C1\C(=O)NC(=O)N(c2ccc(F)cc2)C1=O. The minimum atomic E-state index is -0.895. The summed E-state index contributed by atoms with van der Waals surface area (Å²) in [5, 5.41) is 2.15. The van der Waals surface area contributed by atoms with E-state index in [0.29, 0.717) is 24.5 Å². The number of hydrogen-bond donors (Lipinski definition) is 1. The standard InChI is InChI=1S/C22H20FN3O5/c1-30-19-13-17(25-8-10-31-11-9-25)5-2-14(19)12-18-20(27)24-22(29)26(21(18)28)16-6-3-15(23)4-7-16/h2-7,12-13H,8-11H2,1H3,(H,24,27,29)/b18-12+. The number of nitrogens with one attached hydrogen (secondary N) is 1. The number of urea groups is 1. The van der Waals surface area contributed by atoms with E-state index in [-0.39, 0.29) is 11.3 Å². The summed E-state index contributed by atoms with van der Waals surface area (Å²) in [6.45, 7) is 2.77. The van der Waals surface area contributed by atoms with Gasteiger partial charge < -0.3 is 14.4 Å². The maximum Gasteiger partial charge on any atom is 0.335 e. The van der Waals surface area contributed by atoms with Crippen molar-refractivity contribution in [3.8, 4) is 5.75 Å². The Labute approximate surface area is 177 Å². The van der Waals surface area contributed by atoms with Gasteiger partial charge in [0.05, 0.1) is 26.0 Å². The molecule has 8 nitrogen and oxygen atoms in total. The van der Waals surface area contributed by atoms with Crippen molar-refractivity contribution in [2.75, 3.05) is 43.2 Å². The Kier molecular flexibility index (Phi) is 5.68. The summed E-state index contributed by atoms with van der Waals surface area (Å²) in [7, 11) is 1.50. The van der Waals surface area contributed by atoms with Gasteiger partial charge in [0.1, 0.15) is 17.1 Å². The largest absolute Gasteiger partial charge is 0.496 e. The maximum absolute atomic E-state index is 13.2. The zero-order valence-electron chi connectivity index (χ0n) is 16.8. The summed E-state index contributed by atoms with van der Waals surface area (Å²) in [4.78, 5) is 40.6. The van der Waals surface area contributed by atoms with E-state index in [0.717, 1.165) is 35.8 Å². The van der Waals surface area contributed by atoms with Crippen LogP contribution in [0.1, 0.15) is 5.56 Å². The summed E-state index contributed by atoms with van der Waals surface area (Å²) >= 11 is 0. The molecule has 4 rings (SSSR count). The lowest BCUT2D eigenvalue weighted by atomic mass is 10.0. The van der Waals surface area contributed by atoms with Crippen molar-refractivity contribution in [2.45, 2.75) is 0 Å². The topological polar surface area (TPSA) is 88.2 Å². The van der Waals surface area contributed by atoms with E-state index < -0.39 is 23.7 Å². The van der Waals surface area contributed by atoms with Crippen molar-refractivity contribution in [2.24, 2.45) is 0 Å². The predicted molar refractivity (Wildman–Crippen MR) is 111 cm³/mol. The van der Waals surface area contributed by atoms with Crippen LogP contribution in [-0.2, 0) is 14.3 Å². The Morgan fingerprint density at radius 1 is 1.03 bits per heavy atom. The molecular weight excluding hydrogens is 405 g/mol. The summed E-state index contributed by atoms with van der Waals surface area (Å²) in [6, 6.07) is 9.38. The van der Waals surface area contributed by atoms with Crippen molar-refractivity contribution in [1.82, 2.24) is 5.32 Å². The van der Waals surface area contributed by atoms with E-state index in [2.05, 4.69) is 10.2 Å². The van der Waals surface area contributed by atoms with Crippen LogP contribution in [0.2, 0.25) is 0 Å². The summed E-state index contributed by atoms with van der Waals surface area (Å²) < 4.78 is 24.1. The number of ether oxygens (including phenoxy) is 2. The van der Waals surface area contributed by atoms with Crippen LogP contribution in [0.25, 0.3) is 6.08 Å². The highest BCUT2D eigenvalue weighted by Gasteiger charge is 2.37. The highest BCUT2D eigenvalue weighted by atomic mass is 19.1. The van der Waals surface area contributed by atoms with Crippen molar-refractivity contribution in [1.29, 1.82) is 0 Å². The monoisotopic (exact) mass is 425 g/mol. The van der Waals surface area contributed by atoms with Gasteiger partial charge in [0.2, 0.25) is 0 Å². The Balaban J connectivity index is 1.67. The van der Waals surface area contributed by atoms with E-state index in [1.807, 2.05) is 12.1 Å². The number of barbiturate groups is 1. The fraction of sp³-hybridized carbons (Fsp3) is 0.227. The molecular formula is C22H20FN3O5. The van der Waals surface area contributed by atoms with Crippen molar-refractivity contribution < 1.29 is 28.2 Å². The number of morpholine rings is 1. The normalized spacial score (nSPS) is 18.4. The second-order valence-electron chi connectivity index (χ2n) is 6.96. The van der Waals surface area contributed by atoms with Gasteiger partial charge >= 0.3 is 6.03 Å². The van der Waals surface area contributed by atoms with E-state index in [4.69, 9.17) is 9.47 Å². The number of methoxy groups -OCH3 is 1. The van der Waals surface area contributed by atoms with Crippen molar-refractivity contribution >= 4 is 35.3 Å². The first-order valence-corrected chi connectivity index (χ1v) is 9.65. The first-order valence-electron chi connectivity index (χ1n) is 9.65. The molecule has 9 heteroatoms. The fourth-order valence-corrected chi connectivity index (χ4v) is 3.47. The Morgan fingerprint density at radius 2 is 1.71 bits per heavy atom. The average molecular weight is 425 g/mol. The molecule has 2 aromatic carbocycles. The van der Waals surface area contributed by atoms with Crippen LogP contribution >= 0.6 is 0 Å². The molecule has 0 saturated carbocycles. The molecule has 2 aromatic rings. The van der Waals surface area contributed by atoms with Gasteiger partial charge in [-0.1, -0.05) is 0 Å². The quantitative estimate of drug-likeness (QED) is 0.598. The van der Waals surface area contributed by atoms with Gasteiger partial charge in [0.15, 0.2) is 0 Å². The van der Waals surface area contributed by atoms with Crippen LogP contribution in [0.4, 0.5) is 20.6 Å². The minimum Gasteiger partial charge on any atom is -0.496 e. The lowest BCUT2D eigenvalue weighted by Gasteiger charge is -2.29. The number of imide groups is 2. The molecule has 2 aliphatic heterocycles. The molecule has 0 unspecified atom stereocenters. The summed E-state index contributed by atoms with van der Waals surface area (Å²) in [5.41, 5.74) is 1.36. The third-order valence-electron chi connectivity index (χ3n) is 5.08. The molecule has 160 valence electrons. The molecule has 31 heavy (non-hydrogen) atoms. The Bertz CT molecular complexity index is 1060. The van der Waals surface area contributed by atoms with Crippen LogP contribution < -0.4 is 19.9 Å². The predicted octanol–water partition coefficient (Wildman–Crippen LogP) is 2.34. The molecule has 0 atom stereocenters. The van der Waals surface area contributed by atoms with Crippen LogP contribution in [-0.4, -0.2) is 51.3 Å². The van der Waals surface area contributed by atoms with Gasteiger partial charge in [0, 0.05) is 30.4 Å². The second-order valence-corrected chi connectivity index (χ2v) is 6.96. The number of nitrogens with zero attached hydrogens (tertiary/aromatic N) is 2. The van der Waals surface area contributed by atoms with E-state index in [9.17, 15) is 18.8 Å². The molecule has 1 N–H and O–H groups in total. The lowest BCUT2D eigenvalue weighted by Crippen LogP contribution is -2.54. The van der Waals surface area contributed by atoms with Gasteiger partial charge in [-0.05, 0) is 42.5 Å². The minimum absolute atomic E-state index is 0.150. The highest BCUT2D eigenvalue weighted by molar-refractivity contribution is 6.39. The second kappa shape index (κ2) is 8.57. The first-order chi connectivity index (χ1) is 15.0. The highest BCUT2D eigenvalue weighted by Crippen LogP contribution is 2.29. The number of hydrogen-bond acceptors (Lipinski definition) is 6. The van der Waals surface area contributed by atoms with E-state index >= 15 is 0 Å². The Morgan fingerprint density at radius 3 is 2.39 bits per heavy atom. The van der Waals surface area contributed by atoms with Gasteiger partial charge in [0.25, 0.3) is 11.8 Å². The van der Waals surface area contributed by atoms with Gasteiger partial charge in [-0.3, -0.25) is 14.9 Å². The molecule has 2 saturated heterocycles. The molecule has 0 bridgehead atoms. The maximum atomic E-state index is 13.2. The van der Waals surface area contributed by atoms with Gasteiger partial charge in [-0.2, -0.15) is 0 Å². The molecule has 4 amide bonds. The van der Waals surface area contributed by atoms with Crippen molar-refractivity contribution in [3.05, 3.63) is 59.4 Å². The third kappa shape index (κ3) is 4.13. The lowest BCUT2D eigenvalue weighted by molar-refractivity contribution is -0.122. The number of carbonyl (C=O) groups is 3. The van der Waals surface area contributed by atoms with Crippen LogP contribution in [0.15, 0.2) is 48.0 Å². The molecule has 2 aliphatic rings. The molecule has 2 fully saturated rings. The number of carbonyl (C=O) groups excluding carboxylic acids is 3. The number of rotatable bonds is 4. The smallest absolute Gasteiger partial charge is 0.335 e. The van der Waals surface area contributed by atoms with E-state index in [1.165, 1.54) is 25.3 Å². The van der Waals surface area contributed by atoms with E-state index in [1.54, 1.807) is 6.07 Å². The molecule has 0 radical (unpaired) electrons. The van der Waals surface area contributed by atoms with Crippen LogP contribution in [0, 0.1) is 5.82 Å². The first kappa shape index (κ1) is 20.5. The van der Waals surface area contributed by atoms with Gasteiger partial charge in [-0.15, -0.1) is 0 Å². The van der Waals surface area contributed by atoms with Crippen molar-refractivity contribution in [3.63, 3.8) is 0 Å². The molecule has 0 aromatic heterocycles. The number of halogens is 1. The van der Waals surface area contributed by atoms with Gasteiger partial charge in [-0.25, -0.2) is 14.1 Å². The van der Waals surface area contributed by atoms with Crippen LogP contribution in [0.5, 0.6) is 5.75 Å². The number of anilines is 2. The summed E-state index contributed by atoms with van der Waals surface area (Å²) in [5.74, 6) is -1.65. The zero-order chi connectivity index (χ0) is 22.0. The molecule has 2 heterocycles.